The average Bonchev–Trinajstić information content (AvgIpc) is 2.55. The number of amides is 1. The molecule has 25 heavy (non-hydrogen) atoms. The minimum Gasteiger partial charge on any atom is -0.360 e. The van der Waals surface area contributed by atoms with E-state index in [0.717, 1.165) is 18.3 Å². The molecule has 0 aliphatic rings. The van der Waals surface area contributed by atoms with Crippen molar-refractivity contribution in [2.45, 2.75) is 6.18 Å². The molecule has 0 aliphatic carbocycles. The van der Waals surface area contributed by atoms with E-state index in [4.69, 9.17) is 16.9 Å². The zero-order valence-corrected chi connectivity index (χ0v) is 13.9. The van der Waals surface area contributed by atoms with Crippen molar-refractivity contribution >= 4 is 23.2 Å². The fourth-order valence-corrected chi connectivity index (χ4v) is 2.06. The van der Waals surface area contributed by atoms with Gasteiger partial charge in [0.2, 0.25) is 0 Å². The van der Waals surface area contributed by atoms with Crippen molar-refractivity contribution in [3.63, 3.8) is 0 Å². The first-order chi connectivity index (χ1) is 11.7. The van der Waals surface area contributed by atoms with Gasteiger partial charge >= 0.3 is 6.18 Å². The van der Waals surface area contributed by atoms with E-state index < -0.39 is 17.6 Å². The Labute approximate surface area is 148 Å². The lowest BCUT2D eigenvalue weighted by Crippen LogP contribution is -2.32. The van der Waals surface area contributed by atoms with E-state index in [0.29, 0.717) is 0 Å². The molecule has 1 aromatic rings. The predicted molar refractivity (Wildman–Crippen MR) is 90.7 cm³/mol. The number of hydrogen-bond donors (Lipinski definition) is 1. The molecule has 1 amide bonds. The molecule has 0 saturated heterocycles. The van der Waals surface area contributed by atoms with Gasteiger partial charge in [-0.3, -0.25) is 4.79 Å². The largest absolute Gasteiger partial charge is 0.418 e. The summed E-state index contributed by atoms with van der Waals surface area (Å²) in [4.78, 5) is 13.5. The van der Waals surface area contributed by atoms with Crippen LogP contribution in [0.3, 0.4) is 0 Å². The van der Waals surface area contributed by atoms with Gasteiger partial charge in [-0.2, -0.15) is 18.4 Å². The van der Waals surface area contributed by atoms with Crippen LogP contribution in [-0.2, 0) is 11.0 Å². The van der Waals surface area contributed by atoms with Gasteiger partial charge in [0.1, 0.15) is 11.6 Å². The zero-order chi connectivity index (χ0) is 19.0. The molecular weight excluding hydrogens is 355 g/mol. The van der Waals surface area contributed by atoms with Crippen LogP contribution < -0.4 is 5.32 Å². The number of halogens is 4. The van der Waals surface area contributed by atoms with E-state index in [1.165, 1.54) is 23.1 Å². The summed E-state index contributed by atoms with van der Waals surface area (Å²) in [6.07, 6.45) is -0.787. The lowest BCUT2D eigenvalue weighted by Gasteiger charge is -2.19. The Morgan fingerprint density at radius 3 is 2.40 bits per heavy atom. The molecule has 1 aromatic carbocycles. The fourth-order valence-electron chi connectivity index (χ4n) is 1.89. The maximum atomic E-state index is 13.0. The molecule has 0 atom stereocenters. The van der Waals surface area contributed by atoms with Crippen LogP contribution in [0.4, 0.5) is 18.9 Å². The highest BCUT2D eigenvalue weighted by atomic mass is 35.5. The van der Waals surface area contributed by atoms with E-state index in [9.17, 15) is 18.0 Å². The van der Waals surface area contributed by atoms with Crippen LogP contribution >= 0.6 is 11.6 Å². The van der Waals surface area contributed by atoms with Crippen molar-refractivity contribution in [1.29, 1.82) is 5.26 Å². The molecule has 0 aliphatic heterocycles. The molecule has 0 saturated carbocycles. The van der Waals surface area contributed by atoms with Gasteiger partial charge in [0.25, 0.3) is 5.91 Å². The Balaban J connectivity index is 3.13. The van der Waals surface area contributed by atoms with Crippen molar-refractivity contribution in [3.8, 4) is 6.07 Å². The van der Waals surface area contributed by atoms with Gasteiger partial charge in [-0.15, -0.1) is 13.2 Å². The normalized spacial score (nSPS) is 11.4. The third kappa shape index (κ3) is 5.69. The summed E-state index contributed by atoms with van der Waals surface area (Å²) in [7, 11) is 0. The highest BCUT2D eigenvalue weighted by Gasteiger charge is 2.33. The number of rotatable bonds is 7. The molecule has 0 aromatic heterocycles. The van der Waals surface area contributed by atoms with Gasteiger partial charge in [-0.05, 0) is 18.2 Å². The highest BCUT2D eigenvalue weighted by Crippen LogP contribution is 2.36. The second-order valence-corrected chi connectivity index (χ2v) is 5.23. The third-order valence-corrected chi connectivity index (χ3v) is 3.23. The maximum absolute atomic E-state index is 13.0. The van der Waals surface area contributed by atoms with Gasteiger partial charge in [0.05, 0.1) is 11.3 Å². The van der Waals surface area contributed by atoms with Crippen LogP contribution in [0.15, 0.2) is 55.3 Å². The molecule has 0 unspecified atom stereocenters. The second kappa shape index (κ2) is 8.94. The zero-order valence-electron chi connectivity index (χ0n) is 13.1. The third-order valence-electron chi connectivity index (χ3n) is 3.00. The summed E-state index contributed by atoms with van der Waals surface area (Å²) < 4.78 is 39.1. The predicted octanol–water partition coefficient (Wildman–Crippen LogP) is 4.38. The van der Waals surface area contributed by atoms with Crippen LogP contribution in [0.1, 0.15) is 5.56 Å². The number of carbonyl (C=O) groups excluding carboxylic acids is 1. The molecule has 132 valence electrons. The first-order valence-corrected chi connectivity index (χ1v) is 7.37. The Kier molecular flexibility index (Phi) is 7.27. The molecule has 0 radical (unpaired) electrons. The molecule has 0 spiro atoms. The van der Waals surface area contributed by atoms with E-state index in [1.807, 2.05) is 0 Å². The van der Waals surface area contributed by atoms with E-state index in [1.54, 1.807) is 6.07 Å². The Bertz CT molecular complexity index is 726. The van der Waals surface area contributed by atoms with Crippen LogP contribution in [0.25, 0.3) is 0 Å². The molecular formula is C17H15ClF3N3O. The molecule has 4 nitrogen and oxygen atoms in total. The number of benzene rings is 1. The quantitative estimate of drug-likeness (QED) is 0.441. The standard InChI is InChI=1S/C17H15ClF3N3O/c1-3-7-24(8-4-2)16(25)12(10-22)11-23-15-6-5-13(18)9-14(15)17(19,20)21/h3-6,9,11,23H,1-2,7-8H2/b12-11-. The summed E-state index contributed by atoms with van der Waals surface area (Å²) in [6, 6.07) is 4.81. The van der Waals surface area contributed by atoms with Crippen LogP contribution in [0.2, 0.25) is 5.02 Å². The average molecular weight is 370 g/mol. The van der Waals surface area contributed by atoms with Crippen molar-refractivity contribution in [3.05, 3.63) is 65.9 Å². The molecule has 1 N–H and O–H groups in total. The van der Waals surface area contributed by atoms with E-state index in [-0.39, 0.29) is 29.4 Å². The monoisotopic (exact) mass is 369 g/mol. The Morgan fingerprint density at radius 2 is 1.92 bits per heavy atom. The minimum absolute atomic E-state index is 0.0819. The first kappa shape index (κ1) is 20.3. The number of nitrogens with zero attached hydrogens (tertiary/aromatic N) is 2. The van der Waals surface area contributed by atoms with Gasteiger partial charge in [0, 0.05) is 24.3 Å². The number of alkyl halides is 3. The van der Waals surface area contributed by atoms with Gasteiger partial charge in [0.15, 0.2) is 0 Å². The van der Waals surface area contributed by atoms with Crippen molar-refractivity contribution in [1.82, 2.24) is 4.90 Å². The van der Waals surface area contributed by atoms with Crippen LogP contribution in [0.5, 0.6) is 0 Å². The number of nitrogens with one attached hydrogen (secondary N) is 1. The Hall–Kier alpha value is -2.72. The minimum atomic E-state index is -4.64. The number of carbonyl (C=O) groups is 1. The molecule has 1 rings (SSSR count). The fraction of sp³-hybridized carbons (Fsp3) is 0.176. The topological polar surface area (TPSA) is 56.1 Å². The highest BCUT2D eigenvalue weighted by molar-refractivity contribution is 6.30. The molecule has 0 heterocycles. The summed E-state index contributed by atoms with van der Waals surface area (Å²) in [5.74, 6) is -0.655. The first-order valence-electron chi connectivity index (χ1n) is 6.99. The van der Waals surface area contributed by atoms with E-state index in [2.05, 4.69) is 18.5 Å². The van der Waals surface area contributed by atoms with Crippen molar-refractivity contribution in [2.24, 2.45) is 0 Å². The van der Waals surface area contributed by atoms with Crippen LogP contribution in [-0.4, -0.2) is 23.9 Å². The number of anilines is 1. The smallest absolute Gasteiger partial charge is 0.360 e. The van der Waals surface area contributed by atoms with Gasteiger partial charge in [-0.1, -0.05) is 23.8 Å². The van der Waals surface area contributed by atoms with Gasteiger partial charge in [-0.25, -0.2) is 0 Å². The molecule has 0 bridgehead atoms. The Morgan fingerprint density at radius 1 is 1.32 bits per heavy atom. The summed E-state index contributed by atoms with van der Waals surface area (Å²) in [5, 5.41) is 11.4. The van der Waals surface area contributed by atoms with Crippen LogP contribution in [0, 0.1) is 11.3 Å². The lowest BCUT2D eigenvalue weighted by molar-refractivity contribution is -0.137. The molecule has 0 fully saturated rings. The number of hydrogen-bond acceptors (Lipinski definition) is 3. The SMILES string of the molecule is C=CCN(CC=C)C(=O)/C(C#N)=C\Nc1ccc(Cl)cc1C(F)(F)F. The maximum Gasteiger partial charge on any atom is 0.418 e. The number of nitriles is 1. The lowest BCUT2D eigenvalue weighted by atomic mass is 10.1. The van der Waals surface area contributed by atoms with Gasteiger partial charge < -0.3 is 10.2 Å². The molecule has 8 heteroatoms. The van der Waals surface area contributed by atoms with Crippen molar-refractivity contribution < 1.29 is 18.0 Å². The summed E-state index contributed by atoms with van der Waals surface area (Å²) in [6.45, 7) is 7.34. The van der Waals surface area contributed by atoms with E-state index >= 15 is 0 Å². The second-order valence-electron chi connectivity index (χ2n) is 4.79. The summed E-state index contributed by atoms with van der Waals surface area (Å²) in [5.41, 5.74) is -1.68. The van der Waals surface area contributed by atoms with Crippen molar-refractivity contribution in [2.75, 3.05) is 18.4 Å². The summed E-state index contributed by atoms with van der Waals surface area (Å²) >= 11 is 5.60.